The van der Waals surface area contributed by atoms with Crippen molar-refractivity contribution in [3.8, 4) is 16.9 Å². The molecule has 2 atom stereocenters. The van der Waals surface area contributed by atoms with E-state index in [4.69, 9.17) is 4.74 Å². The molecule has 0 spiro atoms. The molecular formula is C19H24N2O4S2. The third kappa shape index (κ3) is 5.37. The van der Waals surface area contributed by atoms with Crippen LogP contribution < -0.4 is 15.0 Å². The van der Waals surface area contributed by atoms with Gasteiger partial charge >= 0.3 is 0 Å². The smallest absolute Gasteiger partial charge is 0.258 e. The fourth-order valence-corrected chi connectivity index (χ4v) is 5.22. The van der Waals surface area contributed by atoms with Gasteiger partial charge in [-0.25, -0.2) is 13.1 Å². The Balaban J connectivity index is 1.66. The zero-order valence-electron chi connectivity index (χ0n) is 15.4. The zero-order valence-corrected chi connectivity index (χ0v) is 17.1. The number of aryl methyl sites for hydroxylation is 1. The summed E-state index contributed by atoms with van der Waals surface area (Å²) in [6.07, 6.45) is 3.73. The monoisotopic (exact) mass is 408 g/mol. The quantitative estimate of drug-likeness (QED) is 0.792. The van der Waals surface area contributed by atoms with Crippen LogP contribution in [0.2, 0.25) is 0 Å². The summed E-state index contributed by atoms with van der Waals surface area (Å²) in [5.74, 6) is 2.65. The summed E-state index contributed by atoms with van der Waals surface area (Å²) in [7, 11) is -1.50. The SMILES string of the molecule is Cn1cccc(-c2ccc(OC[C@H]3CSCC[C@@H]3NS(C)(=O)=O)cc2)c1=O. The number of aromatic nitrogens is 1. The molecular weight excluding hydrogens is 384 g/mol. The molecule has 1 saturated heterocycles. The number of hydrogen-bond donors (Lipinski definition) is 1. The zero-order chi connectivity index (χ0) is 19.4. The number of rotatable bonds is 6. The highest BCUT2D eigenvalue weighted by molar-refractivity contribution is 7.99. The van der Waals surface area contributed by atoms with Crippen molar-refractivity contribution in [1.82, 2.24) is 9.29 Å². The van der Waals surface area contributed by atoms with Crippen LogP contribution in [0.25, 0.3) is 11.1 Å². The molecule has 8 heteroatoms. The summed E-state index contributed by atoms with van der Waals surface area (Å²) in [5, 5.41) is 0. The van der Waals surface area contributed by atoms with Crippen molar-refractivity contribution >= 4 is 21.8 Å². The van der Waals surface area contributed by atoms with E-state index in [1.165, 1.54) is 6.26 Å². The van der Waals surface area contributed by atoms with E-state index in [1.807, 2.05) is 42.1 Å². The minimum absolute atomic E-state index is 0.0416. The number of pyridine rings is 1. The van der Waals surface area contributed by atoms with Crippen molar-refractivity contribution in [2.24, 2.45) is 13.0 Å². The van der Waals surface area contributed by atoms with E-state index in [-0.39, 0.29) is 17.5 Å². The van der Waals surface area contributed by atoms with Gasteiger partial charge in [0, 0.05) is 36.5 Å². The van der Waals surface area contributed by atoms with E-state index in [1.54, 1.807) is 23.9 Å². The van der Waals surface area contributed by atoms with E-state index < -0.39 is 10.0 Å². The summed E-state index contributed by atoms with van der Waals surface area (Å²) in [6.45, 7) is 0.451. The van der Waals surface area contributed by atoms with Crippen LogP contribution in [0.5, 0.6) is 5.75 Å². The highest BCUT2D eigenvalue weighted by Gasteiger charge is 2.28. The molecule has 0 saturated carbocycles. The van der Waals surface area contributed by atoms with Gasteiger partial charge < -0.3 is 9.30 Å². The number of sulfonamides is 1. The van der Waals surface area contributed by atoms with Crippen LogP contribution in [0.4, 0.5) is 0 Å². The Hall–Kier alpha value is -1.77. The first kappa shape index (κ1) is 20.0. The molecule has 1 fully saturated rings. The first-order valence-corrected chi connectivity index (χ1v) is 11.8. The third-order valence-corrected chi connectivity index (χ3v) is 6.51. The first-order chi connectivity index (χ1) is 12.8. The van der Waals surface area contributed by atoms with Gasteiger partial charge in [-0.3, -0.25) is 4.79 Å². The van der Waals surface area contributed by atoms with Gasteiger partial charge in [0.25, 0.3) is 5.56 Å². The van der Waals surface area contributed by atoms with Crippen LogP contribution in [0.3, 0.4) is 0 Å². The maximum absolute atomic E-state index is 12.2. The number of nitrogens with one attached hydrogen (secondary N) is 1. The molecule has 0 unspecified atom stereocenters. The van der Waals surface area contributed by atoms with Crippen molar-refractivity contribution in [3.05, 3.63) is 52.9 Å². The van der Waals surface area contributed by atoms with E-state index in [2.05, 4.69) is 4.72 Å². The van der Waals surface area contributed by atoms with Crippen LogP contribution in [-0.4, -0.2) is 43.4 Å². The Bertz CT molecular complexity index is 939. The molecule has 1 aromatic carbocycles. The number of thioether (sulfide) groups is 1. The molecule has 1 aliphatic rings. The molecule has 2 aromatic rings. The van der Waals surface area contributed by atoms with Crippen molar-refractivity contribution in [2.75, 3.05) is 24.4 Å². The summed E-state index contributed by atoms with van der Waals surface area (Å²) < 4.78 is 33.3. The van der Waals surface area contributed by atoms with Gasteiger partial charge in [0.1, 0.15) is 5.75 Å². The predicted octanol–water partition coefficient (Wildman–Crippen LogP) is 2.10. The fourth-order valence-electron chi connectivity index (χ4n) is 3.14. The number of benzene rings is 1. The standard InChI is InChI=1S/C19H24N2O4S2/c1-21-10-3-4-17(19(21)22)14-5-7-16(8-6-14)25-12-15-13-26-11-9-18(15)20-27(2,23)24/h3-8,10,15,18,20H,9,11-13H2,1-2H3/t15-,18-/m0/s1. The lowest BCUT2D eigenvalue weighted by Gasteiger charge is -2.31. The molecule has 1 N–H and O–H groups in total. The Morgan fingerprint density at radius 1 is 1.26 bits per heavy atom. The summed E-state index contributed by atoms with van der Waals surface area (Å²) >= 11 is 1.82. The average Bonchev–Trinajstić information content (AvgIpc) is 2.63. The second-order valence-corrected chi connectivity index (χ2v) is 9.72. The third-order valence-electron chi connectivity index (χ3n) is 4.59. The van der Waals surface area contributed by atoms with Gasteiger partial charge in [0.15, 0.2) is 0 Å². The van der Waals surface area contributed by atoms with Crippen LogP contribution in [0, 0.1) is 5.92 Å². The second kappa shape index (κ2) is 8.50. The fraction of sp³-hybridized carbons (Fsp3) is 0.421. The number of hydrogen-bond acceptors (Lipinski definition) is 5. The second-order valence-electron chi connectivity index (χ2n) is 6.79. The van der Waals surface area contributed by atoms with Crippen molar-refractivity contribution in [3.63, 3.8) is 0 Å². The predicted molar refractivity (Wildman–Crippen MR) is 110 cm³/mol. The van der Waals surface area contributed by atoms with E-state index in [0.717, 1.165) is 23.5 Å². The van der Waals surface area contributed by atoms with Crippen molar-refractivity contribution in [2.45, 2.75) is 12.5 Å². The van der Waals surface area contributed by atoms with Crippen LogP contribution in [0.15, 0.2) is 47.4 Å². The maximum atomic E-state index is 12.2. The molecule has 146 valence electrons. The molecule has 3 rings (SSSR count). The van der Waals surface area contributed by atoms with Crippen LogP contribution in [-0.2, 0) is 17.1 Å². The molecule has 2 heterocycles. The molecule has 1 aromatic heterocycles. The topological polar surface area (TPSA) is 77.4 Å². The van der Waals surface area contributed by atoms with Crippen molar-refractivity contribution in [1.29, 1.82) is 0 Å². The summed E-state index contributed by atoms with van der Waals surface area (Å²) in [4.78, 5) is 12.2. The molecule has 0 bridgehead atoms. The first-order valence-electron chi connectivity index (χ1n) is 8.77. The van der Waals surface area contributed by atoms with Gasteiger partial charge in [-0.05, 0) is 42.0 Å². The minimum atomic E-state index is -3.23. The molecule has 6 nitrogen and oxygen atoms in total. The lowest BCUT2D eigenvalue weighted by atomic mass is 10.0. The Morgan fingerprint density at radius 2 is 2.00 bits per heavy atom. The van der Waals surface area contributed by atoms with Gasteiger partial charge in [0.2, 0.25) is 10.0 Å². The van der Waals surface area contributed by atoms with E-state index in [9.17, 15) is 13.2 Å². The van der Waals surface area contributed by atoms with Crippen LogP contribution in [0.1, 0.15) is 6.42 Å². The normalized spacial score (nSPS) is 20.4. The van der Waals surface area contributed by atoms with E-state index >= 15 is 0 Å². The van der Waals surface area contributed by atoms with Crippen LogP contribution >= 0.6 is 11.8 Å². The lowest BCUT2D eigenvalue weighted by Crippen LogP contribution is -2.45. The largest absolute Gasteiger partial charge is 0.493 e. The number of nitrogens with zero attached hydrogens (tertiary/aromatic N) is 1. The van der Waals surface area contributed by atoms with Gasteiger partial charge in [0.05, 0.1) is 12.9 Å². The molecule has 0 amide bonds. The van der Waals surface area contributed by atoms with Gasteiger partial charge in [-0.2, -0.15) is 11.8 Å². The highest BCUT2D eigenvalue weighted by atomic mass is 32.2. The van der Waals surface area contributed by atoms with Crippen molar-refractivity contribution < 1.29 is 13.2 Å². The van der Waals surface area contributed by atoms with Gasteiger partial charge in [-0.1, -0.05) is 12.1 Å². The maximum Gasteiger partial charge on any atom is 0.258 e. The lowest BCUT2D eigenvalue weighted by molar-refractivity contribution is 0.229. The van der Waals surface area contributed by atoms with Gasteiger partial charge in [-0.15, -0.1) is 0 Å². The van der Waals surface area contributed by atoms with E-state index in [0.29, 0.717) is 17.9 Å². The number of ether oxygens (including phenoxy) is 1. The Morgan fingerprint density at radius 3 is 2.70 bits per heavy atom. The summed E-state index contributed by atoms with van der Waals surface area (Å²) in [5.41, 5.74) is 1.45. The Kier molecular flexibility index (Phi) is 6.29. The molecule has 0 aliphatic carbocycles. The molecule has 27 heavy (non-hydrogen) atoms. The molecule has 0 radical (unpaired) electrons. The highest BCUT2D eigenvalue weighted by Crippen LogP contribution is 2.26. The Labute approximate surface area is 164 Å². The average molecular weight is 409 g/mol. The minimum Gasteiger partial charge on any atom is -0.493 e. The summed E-state index contributed by atoms with van der Waals surface area (Å²) in [6, 6.07) is 11.0. The molecule has 1 aliphatic heterocycles.